The van der Waals surface area contributed by atoms with Crippen molar-refractivity contribution in [3.63, 3.8) is 0 Å². The number of nitrogens with one attached hydrogen (secondary N) is 2. The zero-order valence-corrected chi connectivity index (χ0v) is 19.1. The number of benzene rings is 2. The van der Waals surface area contributed by atoms with Crippen LogP contribution in [-0.2, 0) is 16.0 Å². The first-order valence-corrected chi connectivity index (χ1v) is 11.6. The highest BCUT2D eigenvalue weighted by Gasteiger charge is 2.34. The Morgan fingerprint density at radius 1 is 1.09 bits per heavy atom. The third kappa shape index (κ3) is 4.69. The van der Waals surface area contributed by atoms with Gasteiger partial charge in [-0.2, -0.15) is 0 Å². The predicted octanol–water partition coefficient (Wildman–Crippen LogP) is 4.49. The summed E-state index contributed by atoms with van der Waals surface area (Å²) in [6, 6.07) is 15.6. The second kappa shape index (κ2) is 9.55. The lowest BCUT2D eigenvalue weighted by Gasteiger charge is -2.26. The van der Waals surface area contributed by atoms with Crippen LogP contribution in [0, 0.1) is 0 Å². The number of carbonyl (C=O) groups is 2. The van der Waals surface area contributed by atoms with E-state index >= 15 is 0 Å². The first kappa shape index (κ1) is 22.1. The van der Waals surface area contributed by atoms with Gasteiger partial charge in [0.1, 0.15) is 11.9 Å². The number of fused-ring (bicyclic) bond motifs is 1. The van der Waals surface area contributed by atoms with Crippen molar-refractivity contribution in [2.24, 2.45) is 0 Å². The number of rotatable bonds is 7. The minimum absolute atomic E-state index is 0.0124. The molecule has 1 aromatic heterocycles. The zero-order chi connectivity index (χ0) is 22.7. The lowest BCUT2D eigenvalue weighted by molar-refractivity contribution is -0.138. The van der Waals surface area contributed by atoms with Gasteiger partial charge in [-0.1, -0.05) is 50.2 Å². The molecule has 4 rings (SSSR count). The number of imidazole rings is 1. The summed E-state index contributed by atoms with van der Waals surface area (Å²) in [7, 11) is 0. The van der Waals surface area contributed by atoms with Gasteiger partial charge in [-0.3, -0.25) is 9.59 Å². The van der Waals surface area contributed by atoms with E-state index in [0.717, 1.165) is 28.8 Å². The average molecular weight is 433 g/mol. The van der Waals surface area contributed by atoms with Gasteiger partial charge in [0.25, 0.3) is 0 Å². The zero-order valence-electron chi connectivity index (χ0n) is 19.1. The Morgan fingerprint density at radius 2 is 1.81 bits per heavy atom. The first-order valence-electron chi connectivity index (χ1n) is 11.6. The van der Waals surface area contributed by atoms with Crippen LogP contribution in [0.15, 0.2) is 48.5 Å². The van der Waals surface area contributed by atoms with Gasteiger partial charge in [-0.15, -0.1) is 0 Å². The van der Waals surface area contributed by atoms with E-state index in [0.29, 0.717) is 31.7 Å². The van der Waals surface area contributed by atoms with Gasteiger partial charge < -0.3 is 15.2 Å². The lowest BCUT2D eigenvalue weighted by Crippen LogP contribution is -2.46. The van der Waals surface area contributed by atoms with Crippen LogP contribution in [0.25, 0.3) is 11.0 Å². The Kier molecular flexibility index (Phi) is 6.58. The second-order valence-corrected chi connectivity index (χ2v) is 8.96. The molecule has 32 heavy (non-hydrogen) atoms. The van der Waals surface area contributed by atoms with E-state index in [2.05, 4.69) is 41.3 Å². The smallest absolute Gasteiger partial charge is 0.243 e. The first-order chi connectivity index (χ1) is 15.4. The SMILES string of the molecule is CC(C)c1ccccc1C(C)NC(=O)[C@@H]1CCCN1C(=O)CCc1nc2ccccc2[nH]1. The molecule has 2 N–H and O–H groups in total. The van der Waals surface area contributed by atoms with E-state index in [1.807, 2.05) is 43.3 Å². The number of carbonyl (C=O) groups excluding carboxylic acids is 2. The van der Waals surface area contributed by atoms with Crippen LogP contribution in [0.2, 0.25) is 0 Å². The summed E-state index contributed by atoms with van der Waals surface area (Å²) in [6.07, 6.45) is 2.44. The Balaban J connectivity index is 1.38. The summed E-state index contributed by atoms with van der Waals surface area (Å²) in [5, 5.41) is 3.16. The normalized spacial score (nSPS) is 17.1. The summed E-state index contributed by atoms with van der Waals surface area (Å²) >= 11 is 0. The third-order valence-corrected chi connectivity index (χ3v) is 6.33. The van der Waals surface area contributed by atoms with Crippen LogP contribution in [0.3, 0.4) is 0 Å². The van der Waals surface area contributed by atoms with Crippen molar-refractivity contribution in [3.8, 4) is 0 Å². The molecule has 0 saturated carbocycles. The summed E-state index contributed by atoms with van der Waals surface area (Å²) in [4.78, 5) is 35.6. The minimum atomic E-state index is -0.396. The molecule has 6 heteroatoms. The molecule has 0 radical (unpaired) electrons. The maximum Gasteiger partial charge on any atom is 0.243 e. The lowest BCUT2D eigenvalue weighted by atomic mass is 9.93. The number of aromatic amines is 1. The molecule has 3 aromatic rings. The van der Waals surface area contributed by atoms with Gasteiger partial charge in [-0.05, 0) is 48.9 Å². The van der Waals surface area contributed by atoms with Crippen molar-refractivity contribution in [1.82, 2.24) is 20.2 Å². The molecule has 2 amide bonds. The second-order valence-electron chi connectivity index (χ2n) is 8.96. The number of hydrogen-bond acceptors (Lipinski definition) is 3. The third-order valence-electron chi connectivity index (χ3n) is 6.33. The summed E-state index contributed by atoms with van der Waals surface area (Å²) < 4.78 is 0. The van der Waals surface area contributed by atoms with E-state index < -0.39 is 6.04 Å². The minimum Gasteiger partial charge on any atom is -0.348 e. The largest absolute Gasteiger partial charge is 0.348 e. The van der Waals surface area contributed by atoms with Gasteiger partial charge in [0.15, 0.2) is 0 Å². The number of amides is 2. The number of likely N-dealkylation sites (tertiary alicyclic amines) is 1. The van der Waals surface area contributed by atoms with Crippen molar-refractivity contribution in [3.05, 3.63) is 65.5 Å². The van der Waals surface area contributed by atoms with Crippen molar-refractivity contribution in [2.45, 2.75) is 64.5 Å². The maximum atomic E-state index is 13.1. The quantitative estimate of drug-likeness (QED) is 0.577. The molecular formula is C26H32N4O2. The molecular weight excluding hydrogens is 400 g/mol. The van der Waals surface area contributed by atoms with Crippen molar-refractivity contribution >= 4 is 22.8 Å². The van der Waals surface area contributed by atoms with Crippen LogP contribution < -0.4 is 5.32 Å². The molecule has 2 aromatic carbocycles. The average Bonchev–Trinajstić information content (AvgIpc) is 3.44. The van der Waals surface area contributed by atoms with E-state index in [9.17, 15) is 9.59 Å². The van der Waals surface area contributed by atoms with Crippen LogP contribution >= 0.6 is 0 Å². The number of hydrogen-bond donors (Lipinski definition) is 2. The molecule has 0 aliphatic carbocycles. The van der Waals surface area contributed by atoms with Gasteiger partial charge in [0.2, 0.25) is 11.8 Å². The van der Waals surface area contributed by atoms with Crippen molar-refractivity contribution in [1.29, 1.82) is 0 Å². The van der Waals surface area contributed by atoms with Crippen LogP contribution in [0.4, 0.5) is 0 Å². The van der Waals surface area contributed by atoms with E-state index in [4.69, 9.17) is 0 Å². The number of aromatic nitrogens is 2. The number of nitrogens with zero attached hydrogens (tertiary/aromatic N) is 2. The molecule has 1 fully saturated rings. The molecule has 1 saturated heterocycles. The van der Waals surface area contributed by atoms with Gasteiger partial charge >= 0.3 is 0 Å². The molecule has 0 bridgehead atoms. The van der Waals surface area contributed by atoms with Gasteiger partial charge in [0.05, 0.1) is 17.1 Å². The van der Waals surface area contributed by atoms with Crippen LogP contribution in [-0.4, -0.2) is 39.3 Å². The van der Waals surface area contributed by atoms with Crippen LogP contribution in [0.5, 0.6) is 0 Å². The monoisotopic (exact) mass is 432 g/mol. The fraction of sp³-hybridized carbons (Fsp3) is 0.423. The van der Waals surface area contributed by atoms with E-state index in [1.54, 1.807) is 4.90 Å². The van der Waals surface area contributed by atoms with E-state index in [1.165, 1.54) is 5.56 Å². The highest BCUT2D eigenvalue weighted by atomic mass is 16.2. The Hall–Kier alpha value is -3.15. The van der Waals surface area contributed by atoms with Crippen LogP contribution in [0.1, 0.15) is 68.9 Å². The van der Waals surface area contributed by atoms with Crippen molar-refractivity contribution < 1.29 is 9.59 Å². The van der Waals surface area contributed by atoms with Crippen molar-refractivity contribution in [2.75, 3.05) is 6.54 Å². The molecule has 2 heterocycles. The molecule has 6 nitrogen and oxygen atoms in total. The fourth-order valence-electron chi connectivity index (χ4n) is 4.65. The number of aryl methyl sites for hydroxylation is 1. The summed E-state index contributed by atoms with van der Waals surface area (Å²) in [5.41, 5.74) is 4.26. The van der Waals surface area contributed by atoms with Gasteiger partial charge in [-0.25, -0.2) is 4.98 Å². The fourth-order valence-corrected chi connectivity index (χ4v) is 4.65. The Morgan fingerprint density at radius 3 is 2.56 bits per heavy atom. The topological polar surface area (TPSA) is 78.1 Å². The highest BCUT2D eigenvalue weighted by molar-refractivity contribution is 5.88. The molecule has 168 valence electrons. The molecule has 1 aliphatic rings. The maximum absolute atomic E-state index is 13.1. The summed E-state index contributed by atoms with van der Waals surface area (Å²) in [5.74, 6) is 1.14. The molecule has 1 aliphatic heterocycles. The highest BCUT2D eigenvalue weighted by Crippen LogP contribution is 2.26. The number of H-pyrrole nitrogens is 1. The number of para-hydroxylation sites is 2. The predicted molar refractivity (Wildman–Crippen MR) is 126 cm³/mol. The van der Waals surface area contributed by atoms with Gasteiger partial charge in [0, 0.05) is 19.4 Å². The Bertz CT molecular complexity index is 1070. The molecule has 2 atom stereocenters. The standard InChI is InChI=1S/C26H32N4O2/c1-17(2)19-9-4-5-10-20(19)18(3)27-26(32)23-13-8-16-30(23)25(31)15-14-24-28-21-11-6-7-12-22(21)29-24/h4-7,9-12,17-18,23H,8,13-16H2,1-3H3,(H,27,32)(H,28,29)/t18?,23-/m0/s1. The molecule has 0 spiro atoms. The summed E-state index contributed by atoms with van der Waals surface area (Å²) in [6.45, 7) is 6.97. The van der Waals surface area contributed by atoms with E-state index in [-0.39, 0.29) is 17.9 Å². The Labute approximate surface area is 189 Å². The molecule has 1 unspecified atom stereocenters.